The summed E-state index contributed by atoms with van der Waals surface area (Å²) < 4.78 is 0. The molecule has 3 nitrogen and oxygen atoms in total. The summed E-state index contributed by atoms with van der Waals surface area (Å²) in [4.78, 5) is 12.0. The van der Waals surface area contributed by atoms with Gasteiger partial charge in [0.2, 0.25) is 5.91 Å². The molecule has 2 atom stereocenters. The summed E-state index contributed by atoms with van der Waals surface area (Å²) in [7, 11) is 0. The molecule has 0 radical (unpaired) electrons. The zero-order valence-electron chi connectivity index (χ0n) is 11.0. The highest BCUT2D eigenvalue weighted by atomic mass is 35.5. The number of halogens is 2. The molecule has 2 N–H and O–H groups in total. The van der Waals surface area contributed by atoms with Crippen molar-refractivity contribution in [2.75, 3.05) is 6.54 Å². The molecule has 2 unspecified atom stereocenters. The molecule has 0 aromatic heterocycles. The molecule has 0 spiro atoms. The summed E-state index contributed by atoms with van der Waals surface area (Å²) in [5.41, 5.74) is 0.955. The Balaban J connectivity index is 0.00000180. The van der Waals surface area contributed by atoms with Gasteiger partial charge >= 0.3 is 0 Å². The van der Waals surface area contributed by atoms with Gasteiger partial charge in [-0.25, -0.2) is 0 Å². The van der Waals surface area contributed by atoms with E-state index < -0.39 is 0 Å². The molecule has 2 rings (SSSR count). The van der Waals surface area contributed by atoms with E-state index in [-0.39, 0.29) is 24.4 Å². The maximum Gasteiger partial charge on any atom is 0.224 e. The predicted octanol–water partition coefficient (Wildman–Crippen LogP) is 2.56. The molecule has 1 heterocycles. The maximum absolute atomic E-state index is 12.0. The van der Waals surface area contributed by atoms with Crippen LogP contribution in [-0.2, 0) is 11.2 Å². The standard InChI is InChI=1S/C14H19ClN2O.ClH/c1-10-13(6-3-7-16-10)17-14(18)9-11-4-2-5-12(15)8-11;/h2,4-5,8,10,13,16H,3,6-7,9H2,1H3,(H,17,18);1H. The highest BCUT2D eigenvalue weighted by Gasteiger charge is 2.22. The molecule has 1 aliphatic heterocycles. The van der Waals surface area contributed by atoms with E-state index in [2.05, 4.69) is 17.6 Å². The Bertz CT molecular complexity index is 426. The number of carbonyl (C=O) groups is 1. The van der Waals surface area contributed by atoms with E-state index in [0.717, 1.165) is 24.9 Å². The smallest absolute Gasteiger partial charge is 0.224 e. The lowest BCUT2D eigenvalue weighted by Gasteiger charge is -2.30. The lowest BCUT2D eigenvalue weighted by molar-refractivity contribution is -0.121. The SMILES string of the molecule is CC1NCCCC1NC(=O)Cc1cccc(Cl)c1.Cl. The number of carbonyl (C=O) groups excluding carboxylic acids is 1. The number of hydrogen-bond donors (Lipinski definition) is 2. The zero-order chi connectivity index (χ0) is 13.0. The van der Waals surface area contributed by atoms with Crippen molar-refractivity contribution in [2.45, 2.75) is 38.3 Å². The van der Waals surface area contributed by atoms with Crippen LogP contribution in [0.4, 0.5) is 0 Å². The first-order chi connectivity index (χ1) is 8.65. The molecule has 1 aromatic carbocycles. The quantitative estimate of drug-likeness (QED) is 0.901. The molecule has 1 aliphatic rings. The second kappa shape index (κ2) is 7.73. The molecule has 1 saturated heterocycles. The van der Waals surface area contributed by atoms with Gasteiger partial charge in [0.1, 0.15) is 0 Å². The van der Waals surface area contributed by atoms with Crippen LogP contribution in [0.2, 0.25) is 5.02 Å². The van der Waals surface area contributed by atoms with Gasteiger partial charge in [0.25, 0.3) is 0 Å². The summed E-state index contributed by atoms with van der Waals surface area (Å²) >= 11 is 5.90. The lowest BCUT2D eigenvalue weighted by Crippen LogP contribution is -2.52. The Labute approximate surface area is 125 Å². The molecule has 1 fully saturated rings. The highest BCUT2D eigenvalue weighted by molar-refractivity contribution is 6.30. The average molecular weight is 303 g/mol. The second-order valence-electron chi connectivity index (χ2n) is 4.87. The number of hydrogen-bond acceptors (Lipinski definition) is 2. The van der Waals surface area contributed by atoms with Gasteiger partial charge in [-0.1, -0.05) is 23.7 Å². The van der Waals surface area contributed by atoms with Crippen molar-refractivity contribution in [1.82, 2.24) is 10.6 Å². The normalized spacial score (nSPS) is 22.4. The minimum atomic E-state index is 0. The van der Waals surface area contributed by atoms with E-state index in [1.807, 2.05) is 24.3 Å². The largest absolute Gasteiger partial charge is 0.352 e. The van der Waals surface area contributed by atoms with Gasteiger partial charge in [-0.05, 0) is 44.0 Å². The molecule has 1 amide bonds. The minimum absolute atomic E-state index is 0. The summed E-state index contributed by atoms with van der Waals surface area (Å²) in [5.74, 6) is 0.0674. The van der Waals surface area contributed by atoms with Crippen LogP contribution >= 0.6 is 24.0 Å². The van der Waals surface area contributed by atoms with Crippen LogP contribution in [0.3, 0.4) is 0 Å². The van der Waals surface area contributed by atoms with E-state index in [0.29, 0.717) is 17.5 Å². The van der Waals surface area contributed by atoms with Crippen LogP contribution in [0, 0.1) is 0 Å². The van der Waals surface area contributed by atoms with Gasteiger partial charge < -0.3 is 10.6 Å². The summed E-state index contributed by atoms with van der Waals surface area (Å²) in [6, 6.07) is 8.04. The van der Waals surface area contributed by atoms with E-state index in [1.165, 1.54) is 0 Å². The maximum atomic E-state index is 12.0. The van der Waals surface area contributed by atoms with Crippen molar-refractivity contribution < 1.29 is 4.79 Å². The third-order valence-corrected chi connectivity index (χ3v) is 3.60. The van der Waals surface area contributed by atoms with Crippen molar-refractivity contribution in [1.29, 1.82) is 0 Å². The van der Waals surface area contributed by atoms with Crippen molar-refractivity contribution in [3.05, 3.63) is 34.9 Å². The van der Waals surface area contributed by atoms with Gasteiger partial charge in [-0.3, -0.25) is 4.79 Å². The molecule has 0 bridgehead atoms. The Hall–Kier alpha value is -0.770. The summed E-state index contributed by atoms with van der Waals surface area (Å²) in [6.45, 7) is 3.16. The average Bonchev–Trinajstić information content (AvgIpc) is 2.32. The van der Waals surface area contributed by atoms with E-state index in [4.69, 9.17) is 11.6 Å². The molecule has 0 aliphatic carbocycles. The third-order valence-electron chi connectivity index (χ3n) is 3.36. The molecule has 5 heteroatoms. The van der Waals surface area contributed by atoms with Crippen LogP contribution in [0.5, 0.6) is 0 Å². The molecule has 0 saturated carbocycles. The summed E-state index contributed by atoms with van der Waals surface area (Å²) in [6.07, 6.45) is 2.56. The zero-order valence-corrected chi connectivity index (χ0v) is 12.6. The van der Waals surface area contributed by atoms with Gasteiger partial charge in [0, 0.05) is 17.1 Å². The number of piperidine rings is 1. The lowest BCUT2D eigenvalue weighted by atomic mass is 9.99. The van der Waals surface area contributed by atoms with Gasteiger partial charge in [0.05, 0.1) is 6.42 Å². The second-order valence-corrected chi connectivity index (χ2v) is 5.30. The van der Waals surface area contributed by atoms with E-state index >= 15 is 0 Å². The third kappa shape index (κ3) is 5.01. The highest BCUT2D eigenvalue weighted by Crippen LogP contribution is 2.12. The Morgan fingerprint density at radius 2 is 2.32 bits per heavy atom. The topological polar surface area (TPSA) is 41.1 Å². The molecule has 19 heavy (non-hydrogen) atoms. The van der Waals surface area contributed by atoms with Crippen LogP contribution in [0.25, 0.3) is 0 Å². The van der Waals surface area contributed by atoms with Crippen molar-refractivity contribution in [3.63, 3.8) is 0 Å². The molecular weight excluding hydrogens is 283 g/mol. The van der Waals surface area contributed by atoms with Gasteiger partial charge in [0.15, 0.2) is 0 Å². The number of amides is 1. The van der Waals surface area contributed by atoms with E-state index in [9.17, 15) is 4.79 Å². The van der Waals surface area contributed by atoms with E-state index in [1.54, 1.807) is 0 Å². The number of nitrogens with one attached hydrogen (secondary N) is 2. The Morgan fingerprint density at radius 1 is 1.53 bits per heavy atom. The summed E-state index contributed by atoms with van der Waals surface area (Å²) in [5, 5.41) is 7.14. The van der Waals surface area contributed by atoms with Gasteiger partial charge in [-0.2, -0.15) is 0 Å². The van der Waals surface area contributed by atoms with Crippen LogP contribution in [0.15, 0.2) is 24.3 Å². The number of rotatable bonds is 3. The molecule has 1 aromatic rings. The fraction of sp³-hybridized carbons (Fsp3) is 0.500. The van der Waals surface area contributed by atoms with Crippen molar-refractivity contribution >= 4 is 29.9 Å². The fourth-order valence-electron chi connectivity index (χ4n) is 2.33. The molecular formula is C14H20Cl2N2O. The first kappa shape index (κ1) is 16.3. The first-order valence-electron chi connectivity index (χ1n) is 6.42. The van der Waals surface area contributed by atoms with Gasteiger partial charge in [-0.15, -0.1) is 12.4 Å². The van der Waals surface area contributed by atoms with Crippen molar-refractivity contribution in [2.24, 2.45) is 0 Å². The fourth-order valence-corrected chi connectivity index (χ4v) is 2.54. The van der Waals surface area contributed by atoms with Crippen LogP contribution in [0.1, 0.15) is 25.3 Å². The van der Waals surface area contributed by atoms with Crippen molar-refractivity contribution in [3.8, 4) is 0 Å². The first-order valence-corrected chi connectivity index (χ1v) is 6.80. The van der Waals surface area contributed by atoms with Crippen LogP contribution < -0.4 is 10.6 Å². The number of benzene rings is 1. The minimum Gasteiger partial charge on any atom is -0.352 e. The molecule has 106 valence electrons. The predicted molar refractivity (Wildman–Crippen MR) is 81.0 cm³/mol. The Kier molecular flexibility index (Phi) is 6.63. The monoisotopic (exact) mass is 302 g/mol. The Morgan fingerprint density at radius 3 is 3.00 bits per heavy atom. The van der Waals surface area contributed by atoms with Crippen LogP contribution in [-0.4, -0.2) is 24.5 Å².